The third-order valence-corrected chi connectivity index (χ3v) is 6.27. The Labute approximate surface area is 209 Å². The van der Waals surface area contributed by atoms with Crippen molar-refractivity contribution >= 4 is 5.97 Å². The molecule has 3 aliphatic rings. The lowest BCUT2D eigenvalue weighted by molar-refractivity contribution is -0.453. The average Bonchev–Trinajstić information content (AvgIpc) is 2.83. The zero-order valence-corrected chi connectivity index (χ0v) is 22.7. The lowest BCUT2D eigenvalue weighted by atomic mass is 10.0. The third-order valence-electron chi connectivity index (χ3n) is 6.27. The van der Waals surface area contributed by atoms with E-state index >= 15 is 0 Å². The Morgan fingerprint density at radius 1 is 0.765 bits per heavy atom. The van der Waals surface area contributed by atoms with Crippen LogP contribution in [0.5, 0.6) is 0 Å². The molecule has 0 aromatic heterocycles. The van der Waals surface area contributed by atoms with E-state index in [1.807, 2.05) is 0 Å². The van der Waals surface area contributed by atoms with Gasteiger partial charge in [-0.25, -0.2) is 0 Å². The minimum Gasteiger partial charge on any atom is -0.466 e. The number of hydrogen-bond acceptors (Lipinski definition) is 7. The number of fused-ring (bicyclic) bond motifs is 3. The smallest absolute Gasteiger partial charge is 0.305 e. The molecule has 7 heteroatoms. The standard InChI is InChI=1S/C20H38N2O5.C7H16/c1-3-5-6-7-8-13-24-18(23)10-9-12-22(11-4-2)14-20-25-15-19(21,16-26-20)17-27-20;1-3-5-7-6-4-2/h3-17,21H2,1-2H3;3-7H2,1-2H3. The number of carbonyl (C=O) groups is 1. The van der Waals surface area contributed by atoms with Gasteiger partial charge in [0.25, 0.3) is 5.97 Å². The molecule has 7 nitrogen and oxygen atoms in total. The van der Waals surface area contributed by atoms with E-state index in [1.165, 1.54) is 51.4 Å². The molecule has 3 rings (SSSR count). The average molecular weight is 487 g/mol. The summed E-state index contributed by atoms with van der Waals surface area (Å²) < 4.78 is 22.6. The Bertz CT molecular complexity index is 489. The number of nitrogens with zero attached hydrogens (tertiary/aromatic N) is 1. The van der Waals surface area contributed by atoms with Crippen LogP contribution in [0.4, 0.5) is 0 Å². The summed E-state index contributed by atoms with van der Waals surface area (Å²) in [5, 5.41) is 0. The molecule has 34 heavy (non-hydrogen) atoms. The molecule has 0 spiro atoms. The lowest BCUT2D eigenvalue weighted by Gasteiger charge is -2.51. The molecule has 0 aliphatic carbocycles. The molecule has 3 aliphatic heterocycles. The Morgan fingerprint density at radius 2 is 1.29 bits per heavy atom. The van der Waals surface area contributed by atoms with Crippen molar-refractivity contribution < 1.29 is 23.7 Å². The Balaban J connectivity index is 0.000000718. The first-order valence-electron chi connectivity index (χ1n) is 14.0. The first kappa shape index (κ1) is 31.3. The number of rotatable bonds is 18. The quantitative estimate of drug-likeness (QED) is 0.205. The number of unbranched alkanes of at least 4 members (excludes halogenated alkanes) is 8. The fraction of sp³-hybridized carbons (Fsp3) is 0.963. The van der Waals surface area contributed by atoms with Crippen LogP contribution in [0.1, 0.15) is 111 Å². The van der Waals surface area contributed by atoms with Crippen LogP contribution in [-0.2, 0) is 23.7 Å². The highest BCUT2D eigenvalue weighted by molar-refractivity contribution is 5.69. The Kier molecular flexibility index (Phi) is 17.1. The molecule has 0 atom stereocenters. The maximum absolute atomic E-state index is 11.9. The van der Waals surface area contributed by atoms with Gasteiger partial charge in [-0.3, -0.25) is 9.69 Å². The van der Waals surface area contributed by atoms with E-state index < -0.39 is 11.5 Å². The normalized spacial score (nSPS) is 23.6. The summed E-state index contributed by atoms with van der Waals surface area (Å²) in [6.07, 6.45) is 15.0. The topological polar surface area (TPSA) is 83.2 Å². The summed E-state index contributed by atoms with van der Waals surface area (Å²) in [4.78, 5) is 14.1. The van der Waals surface area contributed by atoms with Crippen LogP contribution in [0.25, 0.3) is 0 Å². The summed E-state index contributed by atoms with van der Waals surface area (Å²) in [7, 11) is 0. The molecule has 2 bridgehead atoms. The lowest BCUT2D eigenvalue weighted by Crippen LogP contribution is -2.70. The van der Waals surface area contributed by atoms with Gasteiger partial charge in [-0.15, -0.1) is 0 Å². The predicted octanol–water partition coefficient (Wildman–Crippen LogP) is 5.40. The number of ether oxygens (including phenoxy) is 4. The first-order valence-corrected chi connectivity index (χ1v) is 14.0. The van der Waals surface area contributed by atoms with Crippen molar-refractivity contribution in [3.8, 4) is 0 Å². The van der Waals surface area contributed by atoms with E-state index in [2.05, 4.69) is 32.6 Å². The van der Waals surface area contributed by atoms with Gasteiger partial charge in [0.1, 0.15) is 0 Å². The van der Waals surface area contributed by atoms with E-state index in [4.69, 9.17) is 24.7 Å². The van der Waals surface area contributed by atoms with Crippen LogP contribution < -0.4 is 5.73 Å². The molecule has 0 saturated carbocycles. The van der Waals surface area contributed by atoms with Crippen molar-refractivity contribution in [1.82, 2.24) is 4.90 Å². The maximum atomic E-state index is 11.9. The highest BCUT2D eigenvalue weighted by atomic mass is 16.9. The van der Waals surface area contributed by atoms with Crippen molar-refractivity contribution in [3.05, 3.63) is 0 Å². The number of carbonyl (C=O) groups excluding carboxylic acids is 1. The molecule has 2 N–H and O–H groups in total. The van der Waals surface area contributed by atoms with E-state index in [-0.39, 0.29) is 5.97 Å². The summed E-state index contributed by atoms with van der Waals surface area (Å²) in [6.45, 7) is 12.9. The Hall–Kier alpha value is -0.730. The monoisotopic (exact) mass is 486 g/mol. The van der Waals surface area contributed by atoms with Crippen LogP contribution in [0.3, 0.4) is 0 Å². The summed E-state index contributed by atoms with van der Waals surface area (Å²) >= 11 is 0. The highest BCUT2D eigenvalue weighted by Gasteiger charge is 2.51. The van der Waals surface area contributed by atoms with Gasteiger partial charge in [0.15, 0.2) is 0 Å². The molecule has 202 valence electrons. The van der Waals surface area contributed by atoms with Crippen LogP contribution in [0, 0.1) is 0 Å². The van der Waals surface area contributed by atoms with E-state index in [0.717, 1.165) is 38.8 Å². The first-order chi connectivity index (χ1) is 16.4. The zero-order valence-electron chi connectivity index (χ0n) is 22.7. The van der Waals surface area contributed by atoms with Crippen LogP contribution in [0.2, 0.25) is 0 Å². The van der Waals surface area contributed by atoms with Gasteiger partial charge in [0, 0.05) is 6.42 Å². The van der Waals surface area contributed by atoms with Gasteiger partial charge in [-0.1, -0.05) is 85.5 Å². The molecule has 0 unspecified atom stereocenters. The maximum Gasteiger partial charge on any atom is 0.305 e. The van der Waals surface area contributed by atoms with Gasteiger partial charge < -0.3 is 24.7 Å². The summed E-state index contributed by atoms with van der Waals surface area (Å²) in [5.41, 5.74) is 5.58. The van der Waals surface area contributed by atoms with Gasteiger partial charge in [-0.2, -0.15) is 0 Å². The minimum atomic E-state index is -1.00. The summed E-state index contributed by atoms with van der Waals surface area (Å²) in [6, 6.07) is 0. The second kappa shape index (κ2) is 18.5. The molecule has 0 radical (unpaired) electrons. The molecular formula is C27H54N2O5. The van der Waals surface area contributed by atoms with E-state index in [9.17, 15) is 4.79 Å². The number of hydrogen-bond donors (Lipinski definition) is 1. The highest BCUT2D eigenvalue weighted by Crippen LogP contribution is 2.32. The van der Waals surface area contributed by atoms with Gasteiger partial charge >= 0.3 is 5.97 Å². The van der Waals surface area contributed by atoms with Crippen molar-refractivity contribution in [1.29, 1.82) is 0 Å². The molecule has 3 fully saturated rings. The molecule has 0 aromatic rings. The van der Waals surface area contributed by atoms with Crippen molar-refractivity contribution in [2.24, 2.45) is 5.73 Å². The minimum absolute atomic E-state index is 0.105. The van der Waals surface area contributed by atoms with Crippen LogP contribution in [-0.4, -0.2) is 68.4 Å². The predicted molar refractivity (Wildman–Crippen MR) is 138 cm³/mol. The molecule has 0 aromatic carbocycles. The van der Waals surface area contributed by atoms with Crippen molar-refractivity contribution in [2.75, 3.05) is 46.1 Å². The molecule has 0 amide bonds. The zero-order chi connectivity index (χ0) is 25.1. The number of nitrogens with two attached hydrogens (primary N) is 1. The van der Waals surface area contributed by atoms with Crippen LogP contribution >= 0.6 is 0 Å². The molecule has 3 heterocycles. The number of esters is 1. The second-order valence-corrected chi connectivity index (χ2v) is 9.99. The van der Waals surface area contributed by atoms with Gasteiger partial charge in [0.2, 0.25) is 0 Å². The fourth-order valence-corrected chi connectivity index (χ4v) is 4.10. The second-order valence-electron chi connectivity index (χ2n) is 9.99. The van der Waals surface area contributed by atoms with Crippen molar-refractivity contribution in [3.63, 3.8) is 0 Å². The third kappa shape index (κ3) is 13.4. The van der Waals surface area contributed by atoms with Gasteiger partial charge in [0.05, 0.1) is 38.5 Å². The fourth-order valence-electron chi connectivity index (χ4n) is 4.10. The van der Waals surface area contributed by atoms with Gasteiger partial charge in [-0.05, 0) is 32.4 Å². The summed E-state index contributed by atoms with van der Waals surface area (Å²) in [5.74, 6) is -1.11. The van der Waals surface area contributed by atoms with Crippen LogP contribution in [0.15, 0.2) is 0 Å². The Morgan fingerprint density at radius 3 is 1.82 bits per heavy atom. The molecular weight excluding hydrogens is 432 g/mol. The molecule has 3 saturated heterocycles. The van der Waals surface area contributed by atoms with E-state index in [1.54, 1.807) is 0 Å². The van der Waals surface area contributed by atoms with E-state index in [0.29, 0.717) is 39.4 Å². The van der Waals surface area contributed by atoms with Crippen molar-refractivity contribution in [2.45, 2.75) is 123 Å². The largest absolute Gasteiger partial charge is 0.466 e. The SMILES string of the molecule is CCCCCCC.CCCCCCCOC(=O)CCCN(CCC)CC12OCC(N)(CO1)CO2.